The second kappa shape index (κ2) is 6.12. The molecule has 2 fully saturated rings. The summed E-state index contributed by atoms with van der Waals surface area (Å²) < 4.78 is 31.7. The monoisotopic (exact) mass is 336 g/mol. The van der Waals surface area contributed by atoms with Crippen LogP contribution in [-0.4, -0.2) is 29.4 Å². The molecule has 0 aliphatic carbocycles. The Kier molecular flexibility index (Phi) is 4.43. The van der Waals surface area contributed by atoms with E-state index in [2.05, 4.69) is 13.8 Å². The van der Waals surface area contributed by atoms with Crippen LogP contribution in [0.2, 0.25) is 0 Å². The van der Waals surface area contributed by atoms with Crippen LogP contribution in [0.5, 0.6) is 0 Å². The van der Waals surface area contributed by atoms with E-state index in [4.69, 9.17) is 14.2 Å². The molecule has 0 amide bonds. The average molecular weight is 336 g/mol. The number of carbonyl (C=O) groups excluding carboxylic acids is 1. The quantitative estimate of drug-likeness (QED) is 0.771. The lowest BCUT2D eigenvalue weighted by molar-refractivity contribution is -0.160. The van der Waals surface area contributed by atoms with Gasteiger partial charge in [0.1, 0.15) is 17.5 Å². The van der Waals surface area contributed by atoms with Gasteiger partial charge in [-0.25, -0.2) is 4.39 Å². The largest absolute Gasteiger partial charge is 0.459 e. The molecule has 0 radical (unpaired) electrons. The van der Waals surface area contributed by atoms with Crippen LogP contribution in [0.25, 0.3) is 0 Å². The van der Waals surface area contributed by atoms with Gasteiger partial charge in [-0.05, 0) is 18.9 Å². The third kappa shape index (κ3) is 2.84. The number of hydrogen-bond donors (Lipinski definition) is 0. The maximum absolute atomic E-state index is 13.8. The van der Waals surface area contributed by atoms with Gasteiger partial charge in [-0.2, -0.15) is 0 Å². The Morgan fingerprint density at radius 2 is 2.04 bits per heavy atom. The molecule has 2 heterocycles. The molecule has 4 nitrogen and oxygen atoms in total. The molecule has 5 heteroatoms. The van der Waals surface area contributed by atoms with E-state index >= 15 is 0 Å². The summed E-state index contributed by atoms with van der Waals surface area (Å²) >= 11 is 0. The van der Waals surface area contributed by atoms with Gasteiger partial charge in [-0.3, -0.25) is 4.79 Å². The molecule has 0 N–H and O–H groups in total. The molecular formula is C19H25FO4. The summed E-state index contributed by atoms with van der Waals surface area (Å²) in [5.41, 5.74) is -0.505. The number of esters is 1. The van der Waals surface area contributed by atoms with Crippen LogP contribution in [0, 0.1) is 11.7 Å². The summed E-state index contributed by atoms with van der Waals surface area (Å²) in [5, 5.41) is 0. The normalized spacial score (nSPS) is 34.8. The summed E-state index contributed by atoms with van der Waals surface area (Å²) in [4.78, 5) is 11.4. The van der Waals surface area contributed by atoms with Crippen LogP contribution in [0.15, 0.2) is 24.3 Å². The van der Waals surface area contributed by atoms with Crippen LogP contribution in [-0.2, 0) is 25.6 Å². The smallest absolute Gasteiger partial charge is 0.303 e. The van der Waals surface area contributed by atoms with Gasteiger partial charge in [-0.1, -0.05) is 32.0 Å². The topological polar surface area (TPSA) is 44.8 Å². The van der Waals surface area contributed by atoms with E-state index < -0.39 is 11.2 Å². The van der Waals surface area contributed by atoms with Crippen molar-refractivity contribution in [3.63, 3.8) is 0 Å². The molecule has 0 spiro atoms. The molecule has 2 saturated heterocycles. The minimum Gasteiger partial charge on any atom is -0.459 e. The first kappa shape index (κ1) is 17.4. The Labute approximate surface area is 142 Å². The third-order valence-electron chi connectivity index (χ3n) is 5.43. The minimum absolute atomic E-state index is 0.147. The maximum atomic E-state index is 13.8. The molecule has 4 atom stereocenters. The number of hydrogen-bond acceptors (Lipinski definition) is 4. The first-order valence-corrected chi connectivity index (χ1v) is 8.49. The fourth-order valence-corrected chi connectivity index (χ4v) is 4.07. The molecular weight excluding hydrogens is 311 g/mol. The van der Waals surface area contributed by atoms with Crippen LogP contribution in [0.1, 0.15) is 46.1 Å². The second-order valence-corrected chi connectivity index (χ2v) is 7.42. The highest BCUT2D eigenvalue weighted by molar-refractivity contribution is 5.66. The molecule has 2 aliphatic rings. The Bertz CT molecular complexity index is 632. The molecule has 132 valence electrons. The molecule has 2 bridgehead atoms. The molecule has 1 aromatic rings. The summed E-state index contributed by atoms with van der Waals surface area (Å²) in [5.74, 6) is -0.363. The average Bonchev–Trinajstić information content (AvgIpc) is 2.94. The van der Waals surface area contributed by atoms with Crippen LogP contribution in [0.4, 0.5) is 4.39 Å². The van der Waals surface area contributed by atoms with Crippen LogP contribution < -0.4 is 0 Å². The molecule has 3 rings (SSSR count). The number of benzene rings is 1. The van der Waals surface area contributed by atoms with Gasteiger partial charge in [0.05, 0.1) is 18.3 Å². The Balaban J connectivity index is 1.74. The van der Waals surface area contributed by atoms with E-state index in [1.807, 2.05) is 6.92 Å². The zero-order chi connectivity index (χ0) is 17.5. The molecule has 0 aromatic heterocycles. The molecule has 0 unspecified atom stereocenters. The van der Waals surface area contributed by atoms with Gasteiger partial charge in [0, 0.05) is 25.3 Å². The Morgan fingerprint density at radius 1 is 1.33 bits per heavy atom. The predicted octanol–water partition coefficient (Wildman–Crippen LogP) is 3.62. The predicted molar refractivity (Wildman–Crippen MR) is 86.8 cm³/mol. The number of rotatable bonds is 5. The van der Waals surface area contributed by atoms with Gasteiger partial charge >= 0.3 is 5.97 Å². The zero-order valence-corrected chi connectivity index (χ0v) is 14.7. The molecule has 0 saturated carbocycles. The van der Waals surface area contributed by atoms with Crippen molar-refractivity contribution >= 4 is 5.97 Å². The van der Waals surface area contributed by atoms with Gasteiger partial charge in [-0.15, -0.1) is 0 Å². The lowest BCUT2D eigenvalue weighted by Crippen LogP contribution is -2.49. The van der Waals surface area contributed by atoms with Crippen molar-refractivity contribution in [3.8, 4) is 0 Å². The van der Waals surface area contributed by atoms with Crippen molar-refractivity contribution < 1.29 is 23.4 Å². The fourth-order valence-electron chi connectivity index (χ4n) is 4.07. The van der Waals surface area contributed by atoms with Crippen molar-refractivity contribution in [1.29, 1.82) is 0 Å². The van der Waals surface area contributed by atoms with Crippen molar-refractivity contribution in [2.75, 3.05) is 0 Å². The van der Waals surface area contributed by atoms with Gasteiger partial charge in [0.25, 0.3) is 0 Å². The van der Waals surface area contributed by atoms with Crippen molar-refractivity contribution in [2.24, 2.45) is 5.92 Å². The van der Waals surface area contributed by atoms with E-state index in [1.165, 1.54) is 13.0 Å². The van der Waals surface area contributed by atoms with Crippen molar-refractivity contribution in [2.45, 2.75) is 70.6 Å². The molecule has 2 aliphatic heterocycles. The van der Waals surface area contributed by atoms with Gasteiger partial charge in [0.2, 0.25) is 0 Å². The summed E-state index contributed by atoms with van der Waals surface area (Å²) in [6.07, 6.45) is 0.847. The number of ether oxygens (including phenoxy) is 3. The van der Waals surface area contributed by atoms with Gasteiger partial charge in [0.15, 0.2) is 0 Å². The molecule has 24 heavy (non-hydrogen) atoms. The van der Waals surface area contributed by atoms with E-state index in [0.29, 0.717) is 18.4 Å². The Morgan fingerprint density at radius 3 is 2.67 bits per heavy atom. The first-order valence-electron chi connectivity index (χ1n) is 8.49. The lowest BCUT2D eigenvalue weighted by Gasteiger charge is -2.37. The lowest BCUT2D eigenvalue weighted by atomic mass is 9.73. The highest BCUT2D eigenvalue weighted by Gasteiger charge is 2.67. The first-order chi connectivity index (χ1) is 11.3. The van der Waals surface area contributed by atoms with Gasteiger partial charge < -0.3 is 14.2 Å². The Hall–Kier alpha value is -1.46. The van der Waals surface area contributed by atoms with E-state index in [0.717, 1.165) is 0 Å². The number of carbonyl (C=O) groups is 1. The number of halogens is 1. The summed E-state index contributed by atoms with van der Waals surface area (Å²) in [6, 6.07) is 6.63. The SMILES string of the molecule is CC(=O)O[C@H]1C[C@]2(C)O[C@@]1(C(C)C)C[C@H]2OCc1ccccc1F. The van der Waals surface area contributed by atoms with Crippen LogP contribution >= 0.6 is 0 Å². The highest BCUT2D eigenvalue weighted by atomic mass is 19.1. The summed E-state index contributed by atoms with van der Waals surface area (Å²) in [6.45, 7) is 7.77. The third-order valence-corrected chi connectivity index (χ3v) is 5.43. The van der Waals surface area contributed by atoms with Crippen molar-refractivity contribution in [1.82, 2.24) is 0 Å². The summed E-state index contributed by atoms with van der Waals surface area (Å²) in [7, 11) is 0. The van der Waals surface area contributed by atoms with Crippen LogP contribution in [0.3, 0.4) is 0 Å². The standard InChI is InChI=1S/C19H25FO4/c1-12(2)19-10-16(22-11-14-7-5-6-8-15(14)20)18(4,24-19)9-17(19)23-13(3)21/h5-8,12,16-17H,9-11H2,1-4H3/t16-,17+,18+,19-/m1/s1. The fraction of sp³-hybridized carbons (Fsp3) is 0.632. The maximum Gasteiger partial charge on any atom is 0.303 e. The highest BCUT2D eigenvalue weighted by Crippen LogP contribution is 2.56. The second-order valence-electron chi connectivity index (χ2n) is 7.42. The molecule has 1 aromatic carbocycles. The van der Waals surface area contributed by atoms with E-state index in [-0.39, 0.29) is 36.5 Å². The number of fused-ring (bicyclic) bond motifs is 2. The minimum atomic E-state index is -0.527. The van der Waals surface area contributed by atoms with Crippen molar-refractivity contribution in [3.05, 3.63) is 35.6 Å². The van der Waals surface area contributed by atoms with E-state index in [9.17, 15) is 9.18 Å². The zero-order valence-electron chi connectivity index (χ0n) is 14.7. The van der Waals surface area contributed by atoms with E-state index in [1.54, 1.807) is 18.2 Å².